The minimum atomic E-state index is 0.582. The van der Waals surface area contributed by atoms with Crippen molar-refractivity contribution in [2.45, 2.75) is 20.4 Å². The predicted molar refractivity (Wildman–Crippen MR) is 80.2 cm³/mol. The number of aromatic nitrogens is 1. The number of furan rings is 1. The van der Waals surface area contributed by atoms with E-state index in [1.165, 1.54) is 11.1 Å². The van der Waals surface area contributed by atoms with E-state index in [1.807, 2.05) is 29.1 Å². The molecule has 2 heteroatoms. The molecule has 0 aliphatic heterocycles. The molecule has 20 heavy (non-hydrogen) atoms. The SMILES string of the molecule is C#CC[n+]1ccc(-c2cc3cc(C)c(C)cc3o2)cc1. The van der Waals surface area contributed by atoms with E-state index in [0.29, 0.717) is 6.54 Å². The Hall–Kier alpha value is -2.53. The molecular weight excluding hydrogens is 246 g/mol. The van der Waals surface area contributed by atoms with Crippen LogP contribution in [-0.2, 0) is 6.54 Å². The van der Waals surface area contributed by atoms with Crippen LogP contribution < -0.4 is 4.57 Å². The first-order chi connectivity index (χ1) is 9.67. The van der Waals surface area contributed by atoms with Gasteiger partial charge in [-0.1, -0.05) is 0 Å². The molecule has 0 unspecified atom stereocenters. The summed E-state index contributed by atoms with van der Waals surface area (Å²) in [6.07, 6.45) is 9.24. The molecule has 0 amide bonds. The van der Waals surface area contributed by atoms with Crippen molar-refractivity contribution in [3.05, 3.63) is 53.9 Å². The third-order valence-electron chi connectivity index (χ3n) is 3.58. The minimum absolute atomic E-state index is 0.582. The molecule has 2 aromatic heterocycles. The van der Waals surface area contributed by atoms with Gasteiger partial charge in [0.15, 0.2) is 12.4 Å². The maximum Gasteiger partial charge on any atom is 0.208 e. The monoisotopic (exact) mass is 262 g/mol. The van der Waals surface area contributed by atoms with Crippen molar-refractivity contribution in [1.82, 2.24) is 0 Å². The van der Waals surface area contributed by atoms with Gasteiger partial charge in [-0.25, -0.2) is 0 Å². The first-order valence-electron chi connectivity index (χ1n) is 6.61. The second kappa shape index (κ2) is 4.86. The van der Waals surface area contributed by atoms with Gasteiger partial charge in [-0.2, -0.15) is 4.57 Å². The Morgan fingerprint density at radius 3 is 2.50 bits per heavy atom. The number of fused-ring (bicyclic) bond motifs is 1. The van der Waals surface area contributed by atoms with Crippen LogP contribution >= 0.6 is 0 Å². The number of pyridine rings is 1. The lowest BCUT2D eigenvalue weighted by Crippen LogP contribution is -2.31. The number of benzene rings is 1. The molecular formula is C18H16NO+. The zero-order chi connectivity index (χ0) is 14.1. The highest BCUT2D eigenvalue weighted by Gasteiger charge is 2.09. The molecule has 2 nitrogen and oxygen atoms in total. The van der Waals surface area contributed by atoms with E-state index >= 15 is 0 Å². The van der Waals surface area contributed by atoms with Crippen molar-refractivity contribution in [1.29, 1.82) is 0 Å². The van der Waals surface area contributed by atoms with Gasteiger partial charge < -0.3 is 4.42 Å². The highest BCUT2D eigenvalue weighted by atomic mass is 16.3. The highest BCUT2D eigenvalue weighted by molar-refractivity contribution is 5.84. The largest absolute Gasteiger partial charge is 0.456 e. The first-order valence-corrected chi connectivity index (χ1v) is 6.61. The fourth-order valence-electron chi connectivity index (χ4n) is 2.28. The molecule has 0 N–H and O–H groups in total. The van der Waals surface area contributed by atoms with Crippen molar-refractivity contribution in [3.8, 4) is 23.7 Å². The Morgan fingerprint density at radius 1 is 1.10 bits per heavy atom. The summed E-state index contributed by atoms with van der Waals surface area (Å²) in [6, 6.07) is 10.4. The number of hydrogen-bond acceptors (Lipinski definition) is 1. The Bertz CT molecular complexity index is 765. The van der Waals surface area contributed by atoms with Gasteiger partial charge in [0.1, 0.15) is 11.3 Å². The van der Waals surface area contributed by atoms with E-state index in [1.54, 1.807) is 0 Å². The summed E-state index contributed by atoms with van der Waals surface area (Å²) in [7, 11) is 0. The van der Waals surface area contributed by atoms with Crippen LogP contribution in [0.2, 0.25) is 0 Å². The number of hydrogen-bond donors (Lipinski definition) is 0. The molecule has 1 aromatic carbocycles. The zero-order valence-corrected chi connectivity index (χ0v) is 11.7. The van der Waals surface area contributed by atoms with Gasteiger partial charge in [0.2, 0.25) is 6.54 Å². The Kier molecular flexibility index (Phi) is 3.04. The van der Waals surface area contributed by atoms with Gasteiger partial charge in [-0.3, -0.25) is 0 Å². The lowest BCUT2D eigenvalue weighted by Gasteiger charge is -1.97. The van der Waals surface area contributed by atoms with E-state index in [2.05, 4.69) is 38.0 Å². The molecule has 0 radical (unpaired) electrons. The number of nitrogens with zero attached hydrogens (tertiary/aromatic N) is 1. The Balaban J connectivity index is 2.03. The quantitative estimate of drug-likeness (QED) is 0.509. The van der Waals surface area contributed by atoms with Crippen LogP contribution in [-0.4, -0.2) is 0 Å². The standard InChI is InChI=1S/C18H16NO/c1-4-7-19-8-5-15(6-9-19)18-12-16-10-13(2)14(3)11-17(16)20-18/h1,5-6,8-12H,7H2,2-3H3/q+1. The molecule has 0 aliphatic rings. The van der Waals surface area contributed by atoms with Gasteiger partial charge in [0.25, 0.3) is 0 Å². The molecule has 0 atom stereocenters. The molecule has 0 bridgehead atoms. The van der Waals surface area contributed by atoms with Crippen LogP contribution in [0.25, 0.3) is 22.3 Å². The fourth-order valence-corrected chi connectivity index (χ4v) is 2.28. The summed E-state index contributed by atoms with van der Waals surface area (Å²) < 4.78 is 7.90. The van der Waals surface area contributed by atoms with E-state index in [9.17, 15) is 0 Å². The average Bonchev–Trinajstić information content (AvgIpc) is 2.83. The third kappa shape index (κ3) is 2.19. The molecule has 98 valence electrons. The summed E-state index contributed by atoms with van der Waals surface area (Å²) in [5.74, 6) is 3.50. The van der Waals surface area contributed by atoms with Gasteiger partial charge >= 0.3 is 0 Å². The van der Waals surface area contributed by atoms with Crippen LogP contribution in [0, 0.1) is 26.2 Å². The number of aryl methyl sites for hydroxylation is 2. The maximum atomic E-state index is 5.94. The molecule has 0 saturated heterocycles. The van der Waals surface area contributed by atoms with Crippen molar-refractivity contribution in [2.75, 3.05) is 0 Å². The van der Waals surface area contributed by atoms with E-state index in [0.717, 1.165) is 22.3 Å². The molecule has 3 aromatic rings. The van der Waals surface area contributed by atoms with Crippen LogP contribution in [0.1, 0.15) is 11.1 Å². The summed E-state index contributed by atoms with van der Waals surface area (Å²) in [5.41, 5.74) is 4.52. The molecule has 0 spiro atoms. The van der Waals surface area contributed by atoms with Gasteiger partial charge in [0, 0.05) is 23.1 Å². The van der Waals surface area contributed by atoms with E-state index in [4.69, 9.17) is 10.8 Å². The van der Waals surface area contributed by atoms with Crippen LogP contribution in [0.5, 0.6) is 0 Å². The van der Waals surface area contributed by atoms with Crippen LogP contribution in [0.3, 0.4) is 0 Å². The summed E-state index contributed by atoms with van der Waals surface area (Å²) in [6.45, 7) is 4.80. The Morgan fingerprint density at radius 2 is 1.80 bits per heavy atom. The summed E-state index contributed by atoms with van der Waals surface area (Å²) in [5, 5.41) is 1.14. The molecule has 0 fully saturated rings. The van der Waals surface area contributed by atoms with Gasteiger partial charge in [0.05, 0.1) is 0 Å². The van der Waals surface area contributed by atoms with Gasteiger partial charge in [-0.05, 0) is 49.1 Å². The lowest BCUT2D eigenvalue weighted by atomic mass is 10.1. The number of terminal acetylenes is 1. The first kappa shape index (κ1) is 12.5. The molecule has 0 aliphatic carbocycles. The Labute approximate surface area is 118 Å². The molecule has 0 saturated carbocycles. The summed E-state index contributed by atoms with van der Waals surface area (Å²) in [4.78, 5) is 0. The minimum Gasteiger partial charge on any atom is -0.456 e. The molecule has 3 rings (SSSR count). The van der Waals surface area contributed by atoms with Crippen molar-refractivity contribution in [3.63, 3.8) is 0 Å². The number of rotatable bonds is 2. The van der Waals surface area contributed by atoms with Crippen molar-refractivity contribution >= 4 is 11.0 Å². The van der Waals surface area contributed by atoms with Crippen LogP contribution in [0.15, 0.2) is 47.1 Å². The second-order valence-electron chi connectivity index (χ2n) is 5.05. The zero-order valence-electron chi connectivity index (χ0n) is 11.7. The highest BCUT2D eigenvalue weighted by Crippen LogP contribution is 2.29. The van der Waals surface area contributed by atoms with Gasteiger partial charge in [-0.15, -0.1) is 6.42 Å². The smallest absolute Gasteiger partial charge is 0.208 e. The van der Waals surface area contributed by atoms with E-state index in [-0.39, 0.29) is 0 Å². The third-order valence-corrected chi connectivity index (χ3v) is 3.58. The van der Waals surface area contributed by atoms with Crippen molar-refractivity contribution < 1.29 is 8.98 Å². The lowest BCUT2D eigenvalue weighted by molar-refractivity contribution is -0.684. The average molecular weight is 262 g/mol. The second-order valence-corrected chi connectivity index (χ2v) is 5.05. The maximum absolute atomic E-state index is 5.94. The summed E-state index contributed by atoms with van der Waals surface area (Å²) >= 11 is 0. The van der Waals surface area contributed by atoms with Crippen LogP contribution in [0.4, 0.5) is 0 Å². The fraction of sp³-hybridized carbons (Fsp3) is 0.167. The molecule has 2 heterocycles. The topological polar surface area (TPSA) is 17.0 Å². The van der Waals surface area contributed by atoms with Crippen molar-refractivity contribution in [2.24, 2.45) is 0 Å². The predicted octanol–water partition coefficient (Wildman–Crippen LogP) is 3.64. The van der Waals surface area contributed by atoms with E-state index < -0.39 is 0 Å². The normalized spacial score (nSPS) is 10.7.